The first-order chi connectivity index (χ1) is 30.3. The molecule has 4 aromatic rings. The number of rotatable bonds is 7. The summed E-state index contributed by atoms with van der Waals surface area (Å²) in [5.74, 6) is 3.49. The smallest absolute Gasteiger partial charge is 0.410 e. The van der Waals surface area contributed by atoms with E-state index in [4.69, 9.17) is 29.2 Å². The summed E-state index contributed by atoms with van der Waals surface area (Å²) in [6.45, 7) is 27.2. The molecule has 1 amide bonds. The van der Waals surface area contributed by atoms with E-state index in [0.29, 0.717) is 69.3 Å². The van der Waals surface area contributed by atoms with Crippen molar-refractivity contribution in [2.75, 3.05) is 24.6 Å². The van der Waals surface area contributed by atoms with Gasteiger partial charge in [-0.15, -0.1) is 5.54 Å². The van der Waals surface area contributed by atoms with E-state index in [-0.39, 0.29) is 58.4 Å². The number of aromatic nitrogens is 3. The van der Waals surface area contributed by atoms with Crippen molar-refractivity contribution in [2.24, 2.45) is 5.92 Å². The molecule has 0 N–H and O–H groups in total. The second-order valence-corrected chi connectivity index (χ2v) is 27.0. The summed E-state index contributed by atoms with van der Waals surface area (Å²) in [4.78, 5) is 35.5. The van der Waals surface area contributed by atoms with E-state index in [1.165, 1.54) is 12.5 Å². The van der Waals surface area contributed by atoms with Crippen LogP contribution in [0.1, 0.15) is 107 Å². The van der Waals surface area contributed by atoms with Crippen LogP contribution in [0.25, 0.3) is 32.9 Å². The molecule has 4 saturated heterocycles. The highest BCUT2D eigenvalue weighted by atomic mass is 28.3. The number of pyridine rings is 1. The number of hydrogen-bond acceptors (Lipinski definition) is 9. The summed E-state index contributed by atoms with van der Waals surface area (Å²) >= 11 is 0. The number of benzene rings is 2. The Morgan fingerprint density at radius 2 is 1.77 bits per heavy atom. The molecular weight excluding hydrogens is 827 g/mol. The Bertz CT molecular complexity index is 2650. The van der Waals surface area contributed by atoms with E-state index in [2.05, 4.69) is 69.4 Å². The van der Waals surface area contributed by atoms with Gasteiger partial charge in [0, 0.05) is 30.1 Å². The topological polar surface area (TPSA) is 93.2 Å². The van der Waals surface area contributed by atoms with Crippen molar-refractivity contribution in [1.29, 1.82) is 0 Å². The van der Waals surface area contributed by atoms with Gasteiger partial charge in [0.25, 0.3) is 0 Å². The molecule has 3 unspecified atom stereocenters. The van der Waals surface area contributed by atoms with E-state index < -0.39 is 31.4 Å². The van der Waals surface area contributed by atoms with Crippen molar-refractivity contribution in [2.45, 2.75) is 159 Å². The lowest BCUT2D eigenvalue weighted by molar-refractivity contribution is 0.000935. The van der Waals surface area contributed by atoms with Crippen LogP contribution in [0.15, 0.2) is 42.5 Å². The largest absolute Gasteiger partial charge is 0.472 e. The fraction of sp³-hybridized carbons (Fsp3) is 0.569. The number of fused-ring (bicyclic) bond motifs is 9. The van der Waals surface area contributed by atoms with Gasteiger partial charge in [0.15, 0.2) is 5.82 Å². The molecule has 338 valence electrons. The van der Waals surface area contributed by atoms with Crippen molar-refractivity contribution >= 4 is 41.7 Å². The maximum Gasteiger partial charge on any atom is 0.410 e. The van der Waals surface area contributed by atoms with Gasteiger partial charge in [0.2, 0.25) is 5.88 Å². The van der Waals surface area contributed by atoms with E-state index in [1.54, 1.807) is 12.1 Å². The van der Waals surface area contributed by atoms with E-state index in [0.717, 1.165) is 37.8 Å². The minimum absolute atomic E-state index is 0.00975. The molecular formula is C51H62F2N6O4Si. The van der Waals surface area contributed by atoms with Crippen LogP contribution in [0.3, 0.4) is 0 Å². The number of nitrogens with zero attached hydrogens (tertiary/aromatic N) is 6. The van der Waals surface area contributed by atoms with Crippen molar-refractivity contribution in [3.8, 4) is 34.6 Å². The molecule has 1 saturated carbocycles. The van der Waals surface area contributed by atoms with Gasteiger partial charge in [0.1, 0.15) is 54.6 Å². The predicted molar refractivity (Wildman–Crippen MR) is 249 cm³/mol. The Labute approximate surface area is 377 Å². The molecule has 5 fully saturated rings. The predicted octanol–water partition coefficient (Wildman–Crippen LogP) is 10.6. The maximum atomic E-state index is 18.0. The van der Waals surface area contributed by atoms with Crippen LogP contribution in [0, 0.1) is 29.0 Å². The third kappa shape index (κ3) is 6.54. The molecule has 10 nitrogen and oxygen atoms in total. The van der Waals surface area contributed by atoms with Crippen LogP contribution < -0.4 is 14.4 Å². The molecule has 6 aliphatic rings. The molecule has 10 rings (SSSR count). The summed E-state index contributed by atoms with van der Waals surface area (Å²) in [6.07, 6.45) is 3.73. The molecule has 5 aliphatic heterocycles. The van der Waals surface area contributed by atoms with Gasteiger partial charge >= 0.3 is 12.1 Å². The third-order valence-corrected chi connectivity index (χ3v) is 22.1. The molecule has 1 aliphatic carbocycles. The van der Waals surface area contributed by atoms with Crippen molar-refractivity contribution in [3.63, 3.8) is 0 Å². The first-order valence-electron chi connectivity index (χ1n) is 23.5. The molecule has 64 heavy (non-hydrogen) atoms. The number of amides is 1. The third-order valence-electron chi connectivity index (χ3n) is 15.8. The first-order valence-corrected chi connectivity index (χ1v) is 25.8. The number of piperidine rings is 1. The van der Waals surface area contributed by atoms with Gasteiger partial charge in [-0.3, -0.25) is 9.80 Å². The van der Waals surface area contributed by atoms with Gasteiger partial charge in [-0.05, 0) is 93.8 Å². The minimum atomic E-state index is -2.29. The molecule has 13 heteroatoms. The zero-order chi connectivity index (χ0) is 45.4. The minimum Gasteiger partial charge on any atom is -0.472 e. The fourth-order valence-electron chi connectivity index (χ4n) is 12.9. The SMILES string of the molecule is C=C1CCN2C3CC3CC12COc1nc2c3c(nc(-c4cccc5ccc(F)c(C#C[Si](C(C)C)(C(C)C)C(C)C)c45)c(F)c3n1)O[C@@H](C)[C@@H]1[C@@H]3CC[C@H](CN21)N3C(=O)OC(C)(C)C. The fourth-order valence-corrected chi connectivity index (χ4v) is 18.1. The Kier molecular flexibility index (Phi) is 10.2. The number of piperazine rings is 1. The van der Waals surface area contributed by atoms with Gasteiger partial charge in [0.05, 0.1) is 29.2 Å². The highest BCUT2D eigenvalue weighted by Crippen LogP contribution is 2.58. The highest BCUT2D eigenvalue weighted by molar-refractivity contribution is 6.90. The number of ether oxygens (including phenoxy) is 3. The molecule has 7 heterocycles. The van der Waals surface area contributed by atoms with Crippen LogP contribution in [0.2, 0.25) is 16.6 Å². The van der Waals surface area contributed by atoms with Crippen molar-refractivity contribution < 1.29 is 27.8 Å². The quantitative estimate of drug-likeness (QED) is 0.102. The Morgan fingerprint density at radius 3 is 2.48 bits per heavy atom. The lowest BCUT2D eigenvalue weighted by Gasteiger charge is -2.48. The summed E-state index contributed by atoms with van der Waals surface area (Å²) in [5, 5.41) is 1.54. The first kappa shape index (κ1) is 43.1. The van der Waals surface area contributed by atoms with Crippen molar-refractivity contribution in [3.05, 3.63) is 59.7 Å². The zero-order valence-corrected chi connectivity index (χ0v) is 40.0. The molecule has 0 radical (unpaired) electrons. The van der Waals surface area contributed by atoms with Crippen LogP contribution in [0.4, 0.5) is 19.4 Å². The second-order valence-electron chi connectivity index (χ2n) is 21.4. The number of carbonyl (C=O) groups is 1. The Balaban J connectivity index is 1.15. The lowest BCUT2D eigenvalue weighted by atomic mass is 9.89. The van der Waals surface area contributed by atoms with Crippen LogP contribution in [-0.4, -0.2) is 100 Å². The molecule has 2 aromatic heterocycles. The van der Waals surface area contributed by atoms with E-state index in [1.807, 2.05) is 44.7 Å². The maximum absolute atomic E-state index is 18.0. The van der Waals surface area contributed by atoms with Crippen molar-refractivity contribution in [1.82, 2.24) is 24.8 Å². The number of anilines is 1. The zero-order valence-electron chi connectivity index (χ0n) is 39.0. The number of halogens is 2. The summed E-state index contributed by atoms with van der Waals surface area (Å²) < 4.78 is 53.9. The van der Waals surface area contributed by atoms with Crippen LogP contribution in [-0.2, 0) is 4.74 Å². The monoisotopic (exact) mass is 888 g/mol. The summed E-state index contributed by atoms with van der Waals surface area (Å²) in [7, 11) is -2.29. The average Bonchev–Trinajstić information content (AvgIpc) is 3.69. The van der Waals surface area contributed by atoms with Gasteiger partial charge in [-0.2, -0.15) is 9.97 Å². The van der Waals surface area contributed by atoms with E-state index in [9.17, 15) is 4.79 Å². The molecule has 7 atom stereocenters. The number of carbonyl (C=O) groups excluding carboxylic acids is 1. The normalized spacial score (nSPS) is 27.1. The van der Waals surface area contributed by atoms with E-state index >= 15 is 8.78 Å². The Morgan fingerprint density at radius 1 is 1.02 bits per heavy atom. The standard InChI is InChI=1S/C51H62F2N6O4Si/c1-27(2)64(28(3)4,29(5)6)22-20-35-37(52)17-15-32-13-12-14-36(40(32)35)43-42(53)44-41-46(56-48(55-44)61-26-51-24-33-23-39(33)58(51)21-19-30(51)7)57-25-34-16-18-38(45(57)31(8)62-47(41)54-43)59(34)49(60)63-50(9,10)11/h12-15,17,27-29,31,33-34,38-39,45H,7,16,18-19,21,23-26H2,1-6,8-11H3/t31-,33?,34+,38-,39?,45+,51?/m0/s1. The van der Waals surface area contributed by atoms with Crippen LogP contribution >= 0.6 is 0 Å². The van der Waals surface area contributed by atoms with Crippen LogP contribution in [0.5, 0.6) is 11.9 Å². The summed E-state index contributed by atoms with van der Waals surface area (Å²) in [6, 6.07) is 8.48. The lowest BCUT2D eigenvalue weighted by Crippen LogP contribution is -2.65. The van der Waals surface area contributed by atoms with Gasteiger partial charge < -0.3 is 19.1 Å². The van der Waals surface area contributed by atoms with Gasteiger partial charge in [-0.25, -0.2) is 18.6 Å². The highest BCUT2D eigenvalue weighted by Gasteiger charge is 2.63. The Hall–Kier alpha value is -4.80. The molecule has 2 bridgehead atoms. The number of hydrogen-bond donors (Lipinski definition) is 0. The molecule has 0 spiro atoms. The average molecular weight is 889 g/mol. The summed E-state index contributed by atoms with van der Waals surface area (Å²) in [5.41, 5.74) is 5.49. The second kappa shape index (κ2) is 15.1. The molecule has 2 aromatic carbocycles. The van der Waals surface area contributed by atoms with Gasteiger partial charge in [-0.1, -0.05) is 83.9 Å².